The number of aliphatic hydroxyl groups excluding tert-OH is 1. The summed E-state index contributed by atoms with van der Waals surface area (Å²) in [7, 11) is 0. The molecule has 1 aromatic rings. The summed E-state index contributed by atoms with van der Waals surface area (Å²) in [5.41, 5.74) is 1.97. The van der Waals surface area contributed by atoms with E-state index in [2.05, 4.69) is 13.8 Å². The lowest BCUT2D eigenvalue weighted by atomic mass is 10.0. The highest BCUT2D eigenvalue weighted by molar-refractivity contribution is 8.07. The molecule has 1 nitrogen and oxygen atoms in total. The quantitative estimate of drug-likeness (QED) is 0.920. The zero-order chi connectivity index (χ0) is 14.0. The lowest BCUT2D eigenvalue weighted by Crippen LogP contribution is -2.35. The molecule has 1 aliphatic heterocycles. The fourth-order valence-corrected chi connectivity index (χ4v) is 5.24. The van der Waals surface area contributed by atoms with Crippen LogP contribution in [0.5, 0.6) is 0 Å². The Balaban J connectivity index is 2.01. The molecule has 106 valence electrons. The predicted molar refractivity (Wildman–Crippen MR) is 83.6 cm³/mol. The van der Waals surface area contributed by atoms with Crippen molar-refractivity contribution in [3.05, 3.63) is 35.1 Å². The minimum Gasteiger partial charge on any atom is -0.392 e. The first kappa shape index (κ1) is 15.2. The number of rotatable bonds is 3. The summed E-state index contributed by atoms with van der Waals surface area (Å²) < 4.78 is 13.3. The van der Waals surface area contributed by atoms with E-state index in [0.717, 1.165) is 16.9 Å². The first-order valence-electron chi connectivity index (χ1n) is 6.67. The van der Waals surface area contributed by atoms with Gasteiger partial charge in [-0.25, -0.2) is 4.39 Å². The minimum atomic E-state index is -0.395. The normalized spacial score (nSPS) is 29.2. The van der Waals surface area contributed by atoms with E-state index in [9.17, 15) is 9.50 Å². The number of aliphatic hydroxyl groups is 1. The van der Waals surface area contributed by atoms with Gasteiger partial charge in [0.1, 0.15) is 5.82 Å². The third-order valence-corrected chi connectivity index (χ3v) is 7.28. The van der Waals surface area contributed by atoms with Gasteiger partial charge in [-0.15, -0.1) is 0 Å². The van der Waals surface area contributed by atoms with Crippen LogP contribution in [0.1, 0.15) is 25.0 Å². The first-order chi connectivity index (χ1) is 8.97. The van der Waals surface area contributed by atoms with Crippen LogP contribution in [-0.2, 0) is 6.42 Å². The van der Waals surface area contributed by atoms with Crippen LogP contribution in [0, 0.1) is 12.7 Å². The standard InChI is InChI=1S/C15H21FOS2/c1-9-4-5-13(16)6-12(9)7-14(17)15-8-18-10(2)11(3)19-15/h4-6,10-11,14-15,17H,7-8H2,1-3H3. The molecule has 0 spiro atoms. The number of aryl methyl sites for hydroxylation is 1. The summed E-state index contributed by atoms with van der Waals surface area (Å²) in [6.07, 6.45) is 0.149. The van der Waals surface area contributed by atoms with Gasteiger partial charge in [0.2, 0.25) is 0 Å². The maximum absolute atomic E-state index is 13.3. The molecular formula is C15H21FOS2. The Morgan fingerprint density at radius 1 is 1.37 bits per heavy atom. The smallest absolute Gasteiger partial charge is 0.123 e. The van der Waals surface area contributed by atoms with Crippen molar-refractivity contribution in [3.63, 3.8) is 0 Å². The number of halogens is 1. The third-order valence-electron chi connectivity index (χ3n) is 3.74. The van der Waals surface area contributed by atoms with E-state index in [1.54, 1.807) is 12.1 Å². The highest BCUT2D eigenvalue weighted by atomic mass is 32.2. The number of benzene rings is 1. The van der Waals surface area contributed by atoms with E-state index < -0.39 is 6.10 Å². The van der Waals surface area contributed by atoms with E-state index >= 15 is 0 Å². The Morgan fingerprint density at radius 3 is 2.79 bits per heavy atom. The van der Waals surface area contributed by atoms with Crippen molar-refractivity contribution in [2.45, 2.75) is 49.0 Å². The molecule has 19 heavy (non-hydrogen) atoms. The van der Waals surface area contributed by atoms with E-state index in [1.165, 1.54) is 6.07 Å². The van der Waals surface area contributed by atoms with Gasteiger partial charge >= 0.3 is 0 Å². The van der Waals surface area contributed by atoms with Gasteiger partial charge < -0.3 is 5.11 Å². The van der Waals surface area contributed by atoms with Crippen LogP contribution in [-0.4, -0.2) is 32.7 Å². The van der Waals surface area contributed by atoms with Crippen LogP contribution in [0.15, 0.2) is 18.2 Å². The minimum absolute atomic E-state index is 0.222. The summed E-state index contributed by atoms with van der Waals surface area (Å²) in [4.78, 5) is 0. The van der Waals surface area contributed by atoms with Gasteiger partial charge in [-0.2, -0.15) is 23.5 Å². The fraction of sp³-hybridized carbons (Fsp3) is 0.600. The summed E-state index contributed by atoms with van der Waals surface area (Å²) in [5.74, 6) is 0.756. The van der Waals surface area contributed by atoms with Crippen LogP contribution in [0.25, 0.3) is 0 Å². The summed E-state index contributed by atoms with van der Waals surface area (Å²) in [5, 5.41) is 11.8. The average Bonchev–Trinajstić information content (AvgIpc) is 2.37. The summed E-state index contributed by atoms with van der Waals surface area (Å²) in [6, 6.07) is 4.80. The Labute approximate surface area is 123 Å². The van der Waals surface area contributed by atoms with Gasteiger partial charge in [0.15, 0.2) is 0 Å². The molecule has 1 N–H and O–H groups in total. The number of hydrogen-bond acceptors (Lipinski definition) is 3. The molecule has 0 aliphatic carbocycles. The summed E-state index contributed by atoms with van der Waals surface area (Å²) in [6.45, 7) is 6.42. The van der Waals surface area contributed by atoms with Crippen LogP contribution in [0.4, 0.5) is 4.39 Å². The number of thioether (sulfide) groups is 2. The largest absolute Gasteiger partial charge is 0.392 e. The van der Waals surface area contributed by atoms with Gasteiger partial charge in [-0.05, 0) is 36.6 Å². The molecule has 1 heterocycles. The van der Waals surface area contributed by atoms with Gasteiger partial charge in [-0.3, -0.25) is 0 Å². The SMILES string of the molecule is Cc1ccc(F)cc1CC(O)C1CSC(C)C(C)S1. The van der Waals surface area contributed by atoms with Crippen LogP contribution in [0.3, 0.4) is 0 Å². The van der Waals surface area contributed by atoms with E-state index in [4.69, 9.17) is 0 Å². The topological polar surface area (TPSA) is 20.2 Å². The average molecular weight is 300 g/mol. The molecule has 0 saturated carbocycles. The molecule has 4 heteroatoms. The Kier molecular flexibility index (Phi) is 5.21. The van der Waals surface area contributed by atoms with Crippen molar-refractivity contribution >= 4 is 23.5 Å². The van der Waals surface area contributed by atoms with E-state index in [0.29, 0.717) is 16.9 Å². The second-order valence-corrected chi connectivity index (χ2v) is 8.29. The third kappa shape index (κ3) is 3.89. The van der Waals surface area contributed by atoms with Crippen LogP contribution >= 0.6 is 23.5 Å². The second kappa shape index (κ2) is 6.51. The second-order valence-electron chi connectivity index (χ2n) is 5.26. The molecule has 1 saturated heterocycles. The molecule has 0 bridgehead atoms. The van der Waals surface area contributed by atoms with Gasteiger partial charge in [0.05, 0.1) is 6.10 Å². The molecule has 0 aromatic heterocycles. The Morgan fingerprint density at radius 2 is 2.11 bits per heavy atom. The molecule has 1 aliphatic rings. The van der Waals surface area contributed by atoms with E-state index in [1.807, 2.05) is 30.4 Å². The monoisotopic (exact) mass is 300 g/mol. The molecule has 1 aromatic carbocycles. The van der Waals surface area contributed by atoms with Gasteiger partial charge in [-0.1, -0.05) is 19.9 Å². The highest BCUT2D eigenvalue weighted by Crippen LogP contribution is 2.37. The molecule has 4 unspecified atom stereocenters. The van der Waals surface area contributed by atoms with Crippen LogP contribution < -0.4 is 0 Å². The molecule has 4 atom stereocenters. The lowest BCUT2D eigenvalue weighted by molar-refractivity contribution is 0.177. The Hall–Kier alpha value is -0.190. The van der Waals surface area contributed by atoms with Crippen molar-refractivity contribution in [2.24, 2.45) is 0 Å². The van der Waals surface area contributed by atoms with Crippen LogP contribution in [0.2, 0.25) is 0 Å². The van der Waals surface area contributed by atoms with Crippen molar-refractivity contribution in [1.29, 1.82) is 0 Å². The van der Waals surface area contributed by atoms with Crippen molar-refractivity contribution in [3.8, 4) is 0 Å². The predicted octanol–water partition coefficient (Wildman–Crippen LogP) is 3.66. The Bertz CT molecular complexity index is 438. The number of hydrogen-bond donors (Lipinski definition) is 1. The molecular weight excluding hydrogens is 279 g/mol. The van der Waals surface area contributed by atoms with Crippen molar-refractivity contribution in [2.75, 3.05) is 5.75 Å². The molecule has 2 rings (SSSR count). The first-order valence-corrected chi connectivity index (χ1v) is 8.66. The summed E-state index contributed by atoms with van der Waals surface area (Å²) >= 11 is 3.79. The maximum atomic E-state index is 13.3. The maximum Gasteiger partial charge on any atom is 0.123 e. The molecule has 0 amide bonds. The van der Waals surface area contributed by atoms with Gasteiger partial charge in [0.25, 0.3) is 0 Å². The van der Waals surface area contributed by atoms with Crippen molar-refractivity contribution < 1.29 is 9.50 Å². The van der Waals surface area contributed by atoms with Crippen molar-refractivity contribution in [1.82, 2.24) is 0 Å². The zero-order valence-corrected chi connectivity index (χ0v) is 13.2. The fourth-order valence-electron chi connectivity index (χ4n) is 2.23. The molecule has 1 fully saturated rings. The highest BCUT2D eigenvalue weighted by Gasteiger charge is 2.30. The zero-order valence-electron chi connectivity index (χ0n) is 11.6. The van der Waals surface area contributed by atoms with E-state index in [-0.39, 0.29) is 11.1 Å². The lowest BCUT2D eigenvalue weighted by Gasteiger charge is -2.34. The van der Waals surface area contributed by atoms with Gasteiger partial charge in [0, 0.05) is 21.5 Å². The molecule has 0 radical (unpaired) electrons.